The smallest absolute Gasteiger partial charge is 0.248 e. The molecule has 27 heavy (non-hydrogen) atoms. The molecule has 0 aliphatic heterocycles. The number of anilines is 1. The maximum atomic E-state index is 12.4. The Kier molecular flexibility index (Phi) is 5.56. The quantitative estimate of drug-likeness (QED) is 0.639. The topological polar surface area (TPSA) is 103 Å². The van der Waals surface area contributed by atoms with Gasteiger partial charge in [-0.25, -0.2) is 0 Å². The maximum Gasteiger partial charge on any atom is 0.248 e. The molecule has 8 heteroatoms. The molecule has 1 heterocycles. The molecule has 0 radical (unpaired) electrons. The van der Waals surface area contributed by atoms with Crippen molar-refractivity contribution in [1.29, 1.82) is 0 Å². The van der Waals surface area contributed by atoms with Crippen LogP contribution in [0.1, 0.15) is 17.3 Å². The van der Waals surface area contributed by atoms with E-state index in [0.717, 1.165) is 11.4 Å². The second-order valence-electron chi connectivity index (χ2n) is 5.92. The molecule has 0 aliphatic rings. The van der Waals surface area contributed by atoms with E-state index in [0.29, 0.717) is 16.4 Å². The normalized spacial score (nSPS) is 11.8. The fraction of sp³-hybridized carbons (Fsp3) is 0.158. The first kappa shape index (κ1) is 18.7. The summed E-state index contributed by atoms with van der Waals surface area (Å²) in [6, 6.07) is 16.2. The van der Waals surface area contributed by atoms with Crippen LogP contribution in [0.3, 0.4) is 0 Å². The van der Waals surface area contributed by atoms with Crippen LogP contribution in [0.4, 0.5) is 5.69 Å². The van der Waals surface area contributed by atoms with E-state index in [1.54, 1.807) is 31.2 Å². The van der Waals surface area contributed by atoms with E-state index in [4.69, 9.17) is 5.73 Å². The molecule has 2 aromatic carbocycles. The summed E-state index contributed by atoms with van der Waals surface area (Å²) >= 11 is 1.32. The summed E-state index contributed by atoms with van der Waals surface area (Å²) in [4.78, 5) is 23.5. The lowest BCUT2D eigenvalue weighted by atomic mass is 10.2. The molecule has 7 nitrogen and oxygen atoms in total. The van der Waals surface area contributed by atoms with E-state index in [-0.39, 0.29) is 11.2 Å². The van der Waals surface area contributed by atoms with Crippen LogP contribution >= 0.6 is 11.8 Å². The zero-order valence-corrected chi connectivity index (χ0v) is 15.7. The number of aromatic nitrogens is 3. The molecule has 0 aliphatic carbocycles. The van der Waals surface area contributed by atoms with Crippen LogP contribution in [0.15, 0.2) is 59.8 Å². The number of hydrogen-bond donors (Lipinski definition) is 2. The Morgan fingerprint density at radius 2 is 1.74 bits per heavy atom. The minimum Gasteiger partial charge on any atom is -0.366 e. The van der Waals surface area contributed by atoms with Crippen molar-refractivity contribution in [3.05, 3.63) is 60.2 Å². The number of rotatable bonds is 6. The molecule has 3 N–H and O–H groups in total. The van der Waals surface area contributed by atoms with Crippen LogP contribution in [0.5, 0.6) is 0 Å². The van der Waals surface area contributed by atoms with Crippen molar-refractivity contribution < 1.29 is 9.59 Å². The number of benzene rings is 2. The second-order valence-corrected chi connectivity index (χ2v) is 7.23. The Bertz CT molecular complexity index is 954. The molecule has 138 valence electrons. The summed E-state index contributed by atoms with van der Waals surface area (Å²) in [6.07, 6.45) is 0. The zero-order chi connectivity index (χ0) is 19.4. The SMILES string of the molecule is CC(Sc1nnc(-c2ccccc2)n1C)C(=O)Nc1ccc(C(N)=O)cc1. The summed E-state index contributed by atoms with van der Waals surface area (Å²) in [6.45, 7) is 1.80. The van der Waals surface area contributed by atoms with Gasteiger partial charge in [0.25, 0.3) is 0 Å². The lowest BCUT2D eigenvalue weighted by molar-refractivity contribution is -0.115. The van der Waals surface area contributed by atoms with Gasteiger partial charge in [0.1, 0.15) is 0 Å². The molecule has 1 unspecified atom stereocenters. The molecule has 0 spiro atoms. The third-order valence-corrected chi connectivity index (χ3v) is 5.09. The molecule has 0 fully saturated rings. The van der Waals surface area contributed by atoms with Gasteiger partial charge in [-0.05, 0) is 31.2 Å². The maximum absolute atomic E-state index is 12.4. The Morgan fingerprint density at radius 3 is 2.37 bits per heavy atom. The minimum absolute atomic E-state index is 0.170. The molecule has 2 amide bonds. The molecular weight excluding hydrogens is 362 g/mol. The molecule has 1 aromatic heterocycles. The summed E-state index contributed by atoms with van der Waals surface area (Å²) in [5.74, 6) is 0.0668. The van der Waals surface area contributed by atoms with Crippen LogP contribution in [0, 0.1) is 0 Å². The third-order valence-electron chi connectivity index (χ3n) is 3.96. The molecule has 0 saturated heterocycles. The number of carbonyl (C=O) groups excluding carboxylic acids is 2. The second kappa shape index (κ2) is 8.05. The van der Waals surface area contributed by atoms with Gasteiger partial charge in [0, 0.05) is 23.9 Å². The van der Waals surface area contributed by atoms with Gasteiger partial charge >= 0.3 is 0 Å². The lowest BCUT2D eigenvalue weighted by Crippen LogP contribution is -2.23. The van der Waals surface area contributed by atoms with Gasteiger partial charge in [0.15, 0.2) is 11.0 Å². The number of nitrogens with one attached hydrogen (secondary N) is 1. The molecule has 3 aromatic rings. The van der Waals surface area contributed by atoms with Crippen molar-refractivity contribution >= 4 is 29.3 Å². The van der Waals surface area contributed by atoms with Crippen LogP contribution < -0.4 is 11.1 Å². The van der Waals surface area contributed by atoms with Crippen molar-refractivity contribution in [2.45, 2.75) is 17.3 Å². The highest BCUT2D eigenvalue weighted by Gasteiger charge is 2.19. The van der Waals surface area contributed by atoms with Crippen molar-refractivity contribution in [3.63, 3.8) is 0 Å². The average Bonchev–Trinajstić information content (AvgIpc) is 3.03. The number of hydrogen-bond acceptors (Lipinski definition) is 5. The van der Waals surface area contributed by atoms with Gasteiger partial charge in [-0.1, -0.05) is 42.1 Å². The lowest BCUT2D eigenvalue weighted by Gasteiger charge is -2.12. The van der Waals surface area contributed by atoms with Crippen LogP contribution in [0.2, 0.25) is 0 Å². The van der Waals surface area contributed by atoms with Gasteiger partial charge in [-0.2, -0.15) is 0 Å². The number of amides is 2. The predicted molar refractivity (Wildman–Crippen MR) is 105 cm³/mol. The van der Waals surface area contributed by atoms with E-state index in [9.17, 15) is 9.59 Å². The summed E-state index contributed by atoms with van der Waals surface area (Å²) in [5.41, 5.74) is 7.17. The number of nitrogens with two attached hydrogens (primary N) is 1. The van der Waals surface area contributed by atoms with Gasteiger partial charge in [-0.15, -0.1) is 10.2 Å². The standard InChI is InChI=1S/C19H19N5O2S/c1-12(18(26)21-15-10-8-13(9-11-15)16(20)25)27-19-23-22-17(24(19)2)14-6-4-3-5-7-14/h3-12H,1-2H3,(H2,20,25)(H,21,26). The van der Waals surface area contributed by atoms with Crippen molar-refractivity contribution in [1.82, 2.24) is 14.8 Å². The van der Waals surface area contributed by atoms with Gasteiger partial charge < -0.3 is 15.6 Å². The van der Waals surface area contributed by atoms with Gasteiger partial charge in [-0.3, -0.25) is 9.59 Å². The number of thioether (sulfide) groups is 1. The Labute approximate surface area is 161 Å². The Morgan fingerprint density at radius 1 is 1.07 bits per heavy atom. The molecule has 1 atom stereocenters. The first-order valence-corrected chi connectivity index (χ1v) is 9.16. The molecule has 0 saturated carbocycles. The number of carbonyl (C=O) groups is 2. The predicted octanol–water partition coefficient (Wildman–Crippen LogP) is 2.70. The first-order valence-electron chi connectivity index (χ1n) is 8.28. The molecule has 3 rings (SSSR count). The summed E-state index contributed by atoms with van der Waals surface area (Å²) in [7, 11) is 1.87. The molecule has 0 bridgehead atoms. The zero-order valence-electron chi connectivity index (χ0n) is 14.9. The van der Waals surface area contributed by atoms with Crippen LogP contribution in [-0.4, -0.2) is 31.8 Å². The van der Waals surface area contributed by atoms with E-state index in [1.165, 1.54) is 11.8 Å². The van der Waals surface area contributed by atoms with Crippen LogP contribution in [0.25, 0.3) is 11.4 Å². The average molecular weight is 381 g/mol. The monoisotopic (exact) mass is 381 g/mol. The van der Waals surface area contributed by atoms with E-state index < -0.39 is 5.91 Å². The molecular formula is C19H19N5O2S. The first-order chi connectivity index (χ1) is 13.0. The van der Waals surface area contributed by atoms with Crippen molar-refractivity contribution in [2.75, 3.05) is 5.32 Å². The number of primary amides is 1. The fourth-order valence-corrected chi connectivity index (χ4v) is 3.24. The highest BCUT2D eigenvalue weighted by atomic mass is 32.2. The highest BCUT2D eigenvalue weighted by Crippen LogP contribution is 2.26. The van der Waals surface area contributed by atoms with E-state index in [2.05, 4.69) is 15.5 Å². The van der Waals surface area contributed by atoms with E-state index >= 15 is 0 Å². The van der Waals surface area contributed by atoms with Crippen molar-refractivity contribution in [3.8, 4) is 11.4 Å². The third kappa shape index (κ3) is 4.35. The highest BCUT2D eigenvalue weighted by molar-refractivity contribution is 8.00. The summed E-state index contributed by atoms with van der Waals surface area (Å²) < 4.78 is 1.87. The summed E-state index contributed by atoms with van der Waals surface area (Å²) in [5, 5.41) is 11.5. The Hall–Kier alpha value is -3.13. The largest absolute Gasteiger partial charge is 0.366 e. The number of nitrogens with zero attached hydrogens (tertiary/aromatic N) is 3. The Balaban J connectivity index is 1.66. The minimum atomic E-state index is -0.506. The van der Waals surface area contributed by atoms with Gasteiger partial charge in [0.05, 0.1) is 5.25 Å². The van der Waals surface area contributed by atoms with Gasteiger partial charge in [0.2, 0.25) is 11.8 Å². The van der Waals surface area contributed by atoms with Crippen LogP contribution in [-0.2, 0) is 11.8 Å². The van der Waals surface area contributed by atoms with E-state index in [1.807, 2.05) is 41.9 Å². The van der Waals surface area contributed by atoms with Crippen molar-refractivity contribution in [2.24, 2.45) is 12.8 Å². The fourth-order valence-electron chi connectivity index (χ4n) is 2.43.